The Morgan fingerprint density at radius 3 is 2.65 bits per heavy atom. The molecule has 2 heterocycles. The first-order valence-corrected chi connectivity index (χ1v) is 10.9. The molecule has 0 radical (unpaired) electrons. The molecule has 3 rings (SSSR count). The Hall–Kier alpha value is -1.67. The van der Waals surface area contributed by atoms with E-state index in [2.05, 4.69) is 9.71 Å². The van der Waals surface area contributed by atoms with Crippen molar-refractivity contribution in [2.24, 2.45) is 0 Å². The number of carbonyl (C=O) groups excluding carboxylic acids is 1. The highest BCUT2D eigenvalue weighted by atomic mass is 32.2. The molecule has 1 aliphatic heterocycles. The molecule has 1 saturated heterocycles. The van der Waals surface area contributed by atoms with Gasteiger partial charge in [0.05, 0.1) is 10.8 Å². The first-order chi connectivity index (χ1) is 12.4. The number of amides is 1. The summed E-state index contributed by atoms with van der Waals surface area (Å²) in [6.45, 7) is 0.818. The summed E-state index contributed by atoms with van der Waals surface area (Å²) < 4.78 is 28.4. The molecule has 1 amide bonds. The van der Waals surface area contributed by atoms with Gasteiger partial charge in [0.1, 0.15) is 5.82 Å². The van der Waals surface area contributed by atoms with Crippen LogP contribution in [0.4, 0.5) is 5.82 Å². The summed E-state index contributed by atoms with van der Waals surface area (Å²) in [5.74, 6) is 0.453. The highest BCUT2D eigenvalue weighted by molar-refractivity contribution is 7.90. The van der Waals surface area contributed by atoms with Gasteiger partial charge in [0, 0.05) is 39.4 Å². The SMILES string of the molecule is CN(C)c1ncccc1C(=O)N1CCC[C@@H](S(=O)(=O)NC2CCCC2)C1. The average Bonchev–Trinajstić information content (AvgIpc) is 3.13. The molecular formula is C18H28N4O3S. The standard InChI is InChI=1S/C18H28N4O3S/c1-21(2)17-16(10-5-11-19-17)18(23)22-12-6-9-15(13-22)26(24,25)20-14-7-3-4-8-14/h5,10-11,14-15,20H,3-4,6-9,12-13H2,1-2H3/t15-/m1/s1. The van der Waals surface area contributed by atoms with Crippen molar-refractivity contribution < 1.29 is 13.2 Å². The van der Waals surface area contributed by atoms with Crippen LogP contribution in [0.3, 0.4) is 0 Å². The van der Waals surface area contributed by atoms with Crippen molar-refractivity contribution in [3.05, 3.63) is 23.9 Å². The summed E-state index contributed by atoms with van der Waals surface area (Å²) in [5, 5.41) is -0.541. The summed E-state index contributed by atoms with van der Waals surface area (Å²) in [7, 11) is 0.271. The van der Waals surface area contributed by atoms with E-state index in [1.54, 1.807) is 28.1 Å². The third kappa shape index (κ3) is 4.17. The Labute approximate surface area is 155 Å². The highest BCUT2D eigenvalue weighted by Crippen LogP contribution is 2.24. The Morgan fingerprint density at radius 1 is 1.23 bits per heavy atom. The van der Waals surface area contributed by atoms with Crippen molar-refractivity contribution in [3.63, 3.8) is 0 Å². The predicted octanol–water partition coefficient (Wildman–Crippen LogP) is 1.61. The lowest BCUT2D eigenvalue weighted by Crippen LogP contribution is -2.50. The number of sulfonamides is 1. The largest absolute Gasteiger partial charge is 0.362 e. The van der Waals surface area contributed by atoms with Crippen LogP contribution in [0.15, 0.2) is 18.3 Å². The normalized spacial score (nSPS) is 21.8. The fraction of sp³-hybridized carbons (Fsp3) is 0.667. The lowest BCUT2D eigenvalue weighted by Gasteiger charge is -2.33. The van der Waals surface area contributed by atoms with Crippen LogP contribution in [0.25, 0.3) is 0 Å². The van der Waals surface area contributed by atoms with Crippen molar-refractivity contribution in [1.29, 1.82) is 0 Å². The van der Waals surface area contributed by atoms with E-state index < -0.39 is 15.3 Å². The van der Waals surface area contributed by atoms with Crippen LogP contribution in [-0.4, -0.2) is 62.7 Å². The lowest BCUT2D eigenvalue weighted by molar-refractivity contribution is 0.0727. The minimum atomic E-state index is -3.41. The van der Waals surface area contributed by atoms with Gasteiger partial charge in [-0.05, 0) is 37.8 Å². The molecule has 1 atom stereocenters. The van der Waals surface area contributed by atoms with Crippen molar-refractivity contribution in [2.45, 2.75) is 49.8 Å². The number of nitrogens with zero attached hydrogens (tertiary/aromatic N) is 3. The van der Waals surface area contributed by atoms with E-state index in [1.807, 2.05) is 14.1 Å². The fourth-order valence-electron chi connectivity index (χ4n) is 3.84. The number of pyridine rings is 1. The van der Waals surface area contributed by atoms with Gasteiger partial charge in [0.15, 0.2) is 0 Å². The number of aromatic nitrogens is 1. The first kappa shape index (κ1) is 19.1. The second kappa shape index (κ2) is 7.92. The average molecular weight is 381 g/mol. The van der Waals surface area contributed by atoms with Crippen LogP contribution in [0.2, 0.25) is 0 Å². The van der Waals surface area contributed by atoms with Crippen molar-refractivity contribution in [2.75, 3.05) is 32.1 Å². The lowest BCUT2D eigenvalue weighted by atomic mass is 10.1. The van der Waals surface area contributed by atoms with Crippen LogP contribution >= 0.6 is 0 Å². The molecule has 2 aliphatic rings. The minimum Gasteiger partial charge on any atom is -0.362 e. The Kier molecular flexibility index (Phi) is 5.82. The van der Waals surface area contributed by atoms with Gasteiger partial charge < -0.3 is 9.80 Å². The molecule has 8 heteroatoms. The van der Waals surface area contributed by atoms with E-state index in [1.165, 1.54) is 0 Å². The molecule has 0 bridgehead atoms. The summed E-state index contributed by atoms with van der Waals surface area (Å²) in [6, 6.07) is 3.55. The van der Waals surface area contributed by atoms with Gasteiger partial charge in [-0.1, -0.05) is 12.8 Å². The molecule has 2 fully saturated rings. The smallest absolute Gasteiger partial charge is 0.257 e. The summed E-state index contributed by atoms with van der Waals surface area (Å²) >= 11 is 0. The molecule has 1 aromatic heterocycles. The molecule has 1 aliphatic carbocycles. The quantitative estimate of drug-likeness (QED) is 0.839. The van der Waals surface area contributed by atoms with E-state index in [9.17, 15) is 13.2 Å². The second-order valence-electron chi connectivity index (χ2n) is 7.43. The van der Waals surface area contributed by atoms with Gasteiger partial charge in [-0.3, -0.25) is 4.79 Å². The van der Waals surface area contributed by atoms with E-state index in [4.69, 9.17) is 0 Å². The molecule has 1 aromatic rings. The summed E-state index contributed by atoms with van der Waals surface area (Å²) in [4.78, 5) is 20.7. The van der Waals surface area contributed by atoms with Gasteiger partial charge >= 0.3 is 0 Å². The van der Waals surface area contributed by atoms with Gasteiger partial charge in [0.2, 0.25) is 10.0 Å². The molecule has 144 valence electrons. The predicted molar refractivity (Wildman–Crippen MR) is 102 cm³/mol. The Bertz CT molecular complexity index is 745. The summed E-state index contributed by atoms with van der Waals surface area (Å²) in [5.41, 5.74) is 0.513. The second-order valence-corrected chi connectivity index (χ2v) is 9.42. The zero-order chi connectivity index (χ0) is 18.7. The topological polar surface area (TPSA) is 82.6 Å². The molecule has 0 aromatic carbocycles. The molecule has 0 spiro atoms. The Balaban J connectivity index is 1.73. The number of carbonyl (C=O) groups is 1. The molecule has 26 heavy (non-hydrogen) atoms. The zero-order valence-electron chi connectivity index (χ0n) is 15.5. The van der Waals surface area contributed by atoms with Crippen LogP contribution in [0.1, 0.15) is 48.9 Å². The van der Waals surface area contributed by atoms with Crippen LogP contribution in [-0.2, 0) is 10.0 Å². The van der Waals surface area contributed by atoms with Crippen LogP contribution < -0.4 is 9.62 Å². The number of hydrogen-bond donors (Lipinski definition) is 1. The fourth-order valence-corrected chi connectivity index (χ4v) is 5.58. The van der Waals surface area contributed by atoms with E-state index in [0.717, 1.165) is 25.7 Å². The summed E-state index contributed by atoms with van der Waals surface area (Å²) in [6.07, 6.45) is 6.93. The van der Waals surface area contributed by atoms with Crippen LogP contribution in [0.5, 0.6) is 0 Å². The number of hydrogen-bond acceptors (Lipinski definition) is 5. The number of anilines is 1. The van der Waals surface area contributed by atoms with E-state index in [0.29, 0.717) is 30.8 Å². The van der Waals surface area contributed by atoms with Gasteiger partial charge in [-0.2, -0.15) is 0 Å². The first-order valence-electron chi connectivity index (χ1n) is 9.31. The Morgan fingerprint density at radius 2 is 1.96 bits per heavy atom. The monoisotopic (exact) mass is 380 g/mol. The zero-order valence-corrected chi connectivity index (χ0v) is 16.3. The highest BCUT2D eigenvalue weighted by Gasteiger charge is 2.35. The third-order valence-corrected chi connectivity index (χ3v) is 7.16. The van der Waals surface area contributed by atoms with Gasteiger partial charge in [-0.15, -0.1) is 0 Å². The van der Waals surface area contributed by atoms with Crippen molar-refractivity contribution >= 4 is 21.7 Å². The van der Waals surface area contributed by atoms with Crippen molar-refractivity contribution in [3.8, 4) is 0 Å². The van der Waals surface area contributed by atoms with E-state index >= 15 is 0 Å². The van der Waals surface area contributed by atoms with Crippen LogP contribution in [0, 0.1) is 0 Å². The minimum absolute atomic E-state index is 0.0599. The molecular weight excluding hydrogens is 352 g/mol. The van der Waals surface area contributed by atoms with Gasteiger partial charge in [0.25, 0.3) is 5.91 Å². The number of likely N-dealkylation sites (tertiary alicyclic amines) is 1. The number of nitrogens with one attached hydrogen (secondary N) is 1. The number of rotatable bonds is 5. The molecule has 1 N–H and O–H groups in total. The third-order valence-electron chi connectivity index (χ3n) is 5.23. The van der Waals surface area contributed by atoms with E-state index in [-0.39, 0.29) is 18.5 Å². The molecule has 1 saturated carbocycles. The number of piperidine rings is 1. The molecule has 0 unspecified atom stereocenters. The maximum Gasteiger partial charge on any atom is 0.257 e. The maximum absolute atomic E-state index is 13.0. The van der Waals surface area contributed by atoms with Crippen molar-refractivity contribution in [1.82, 2.24) is 14.6 Å². The van der Waals surface area contributed by atoms with Gasteiger partial charge in [-0.25, -0.2) is 18.1 Å². The maximum atomic E-state index is 13.0. The molecule has 7 nitrogen and oxygen atoms in total.